The average molecular weight is 312 g/mol. The van der Waals surface area contributed by atoms with E-state index >= 15 is 0 Å². The van der Waals surface area contributed by atoms with Crippen LogP contribution < -0.4 is 4.74 Å². The average Bonchev–Trinajstić information content (AvgIpc) is 2.73. The van der Waals surface area contributed by atoms with Crippen LogP contribution in [0, 0.1) is 5.92 Å². The zero-order valence-corrected chi connectivity index (χ0v) is 13.4. The summed E-state index contributed by atoms with van der Waals surface area (Å²) in [7, 11) is 5.49. The number of aromatic hydroxyl groups is 1. The third-order valence-corrected chi connectivity index (χ3v) is 3.58. The second-order valence-corrected chi connectivity index (χ2v) is 5.46. The van der Waals surface area contributed by atoms with Crippen molar-refractivity contribution in [2.24, 2.45) is 5.92 Å². The minimum Gasteiger partial charge on any atom is -0.504 e. The number of hydrogen-bond donors (Lipinski definition) is 1. The van der Waals surface area contributed by atoms with Gasteiger partial charge in [-0.3, -0.25) is 4.79 Å². The fourth-order valence-corrected chi connectivity index (χ4v) is 2.59. The Bertz CT molecular complexity index is 540. The molecule has 0 heterocycles. The Morgan fingerprint density at radius 2 is 2.14 bits per heavy atom. The van der Waals surface area contributed by atoms with E-state index in [9.17, 15) is 9.90 Å². The molecule has 1 saturated carbocycles. The van der Waals surface area contributed by atoms with E-state index in [0.717, 1.165) is 30.5 Å². The van der Waals surface area contributed by atoms with Crippen LogP contribution in [0.5, 0.6) is 11.5 Å². The van der Waals surface area contributed by atoms with Gasteiger partial charge in [-0.15, -0.1) is 12.4 Å². The van der Waals surface area contributed by atoms with Crippen LogP contribution in [0.1, 0.15) is 18.4 Å². The standard InChI is InChI=1S/C16H21NO3.ClH/c1-17(2)10-13-6-5-12(16(13)19)8-11-4-7-14(18)15(9-11)20-3;/h4,7-9,13,18H,5-6,10H2,1-3H3;1H. The van der Waals surface area contributed by atoms with Gasteiger partial charge in [0.2, 0.25) is 0 Å². The van der Waals surface area contributed by atoms with Crippen LogP contribution in [0.15, 0.2) is 23.8 Å². The first-order chi connectivity index (χ1) is 9.51. The number of ether oxygens (including phenoxy) is 1. The van der Waals surface area contributed by atoms with E-state index in [1.807, 2.05) is 20.2 Å². The predicted molar refractivity (Wildman–Crippen MR) is 86.2 cm³/mol. The fraction of sp³-hybridized carbons (Fsp3) is 0.438. The number of nitrogens with zero attached hydrogens (tertiary/aromatic N) is 1. The molecule has 2 rings (SSSR count). The van der Waals surface area contributed by atoms with Gasteiger partial charge >= 0.3 is 0 Å². The van der Waals surface area contributed by atoms with Crippen molar-refractivity contribution in [1.82, 2.24) is 4.90 Å². The molecule has 1 fully saturated rings. The van der Waals surface area contributed by atoms with Gasteiger partial charge in [-0.25, -0.2) is 0 Å². The van der Waals surface area contributed by atoms with E-state index in [4.69, 9.17) is 4.74 Å². The highest BCUT2D eigenvalue weighted by Crippen LogP contribution is 2.31. The lowest BCUT2D eigenvalue weighted by atomic mass is 10.0. The summed E-state index contributed by atoms with van der Waals surface area (Å²) in [6.45, 7) is 0.801. The van der Waals surface area contributed by atoms with Crippen LogP contribution in [0.4, 0.5) is 0 Å². The molecule has 0 aromatic heterocycles. The zero-order valence-electron chi connectivity index (χ0n) is 12.6. The first-order valence-corrected chi connectivity index (χ1v) is 6.77. The van der Waals surface area contributed by atoms with Crippen molar-refractivity contribution in [3.63, 3.8) is 0 Å². The maximum absolute atomic E-state index is 12.3. The van der Waals surface area contributed by atoms with Crippen LogP contribution in [0.25, 0.3) is 6.08 Å². The predicted octanol–water partition coefficient (Wildman–Crippen LogP) is 2.75. The van der Waals surface area contributed by atoms with Gasteiger partial charge in [0.05, 0.1) is 7.11 Å². The Hall–Kier alpha value is -1.52. The molecule has 1 aromatic rings. The number of Topliss-reactive ketones (excluding diaryl/α,β-unsaturated/α-hetero) is 1. The zero-order chi connectivity index (χ0) is 14.7. The van der Waals surface area contributed by atoms with Crippen LogP contribution >= 0.6 is 12.4 Å². The number of benzene rings is 1. The maximum atomic E-state index is 12.3. The highest BCUT2D eigenvalue weighted by molar-refractivity contribution is 6.03. The molecular formula is C16H22ClNO3. The van der Waals surface area contributed by atoms with Crippen LogP contribution in [0.2, 0.25) is 0 Å². The molecule has 1 unspecified atom stereocenters. The number of hydrogen-bond acceptors (Lipinski definition) is 4. The van der Waals surface area contributed by atoms with Crippen LogP contribution in [-0.4, -0.2) is 43.5 Å². The summed E-state index contributed by atoms with van der Waals surface area (Å²) in [6.07, 6.45) is 3.64. The Morgan fingerprint density at radius 3 is 2.76 bits per heavy atom. The van der Waals surface area contributed by atoms with Gasteiger partial charge in [-0.1, -0.05) is 6.07 Å². The van der Waals surface area contributed by atoms with Crippen LogP contribution in [0.3, 0.4) is 0 Å². The number of methoxy groups -OCH3 is 1. The van der Waals surface area contributed by atoms with Crippen molar-refractivity contribution in [3.8, 4) is 11.5 Å². The molecule has 0 saturated heterocycles. The summed E-state index contributed by atoms with van der Waals surface area (Å²) in [5.74, 6) is 0.883. The van der Waals surface area contributed by atoms with Crippen molar-refractivity contribution in [3.05, 3.63) is 29.3 Å². The minimum absolute atomic E-state index is 0. The second kappa shape index (κ2) is 7.48. The number of phenols is 1. The van der Waals surface area contributed by atoms with Gasteiger partial charge in [0.25, 0.3) is 0 Å². The molecule has 1 aliphatic rings. The van der Waals surface area contributed by atoms with E-state index in [-0.39, 0.29) is 29.9 Å². The van der Waals surface area contributed by atoms with Crippen molar-refractivity contribution in [2.75, 3.05) is 27.7 Å². The van der Waals surface area contributed by atoms with Gasteiger partial charge in [0.15, 0.2) is 17.3 Å². The Morgan fingerprint density at radius 1 is 1.43 bits per heavy atom. The van der Waals surface area contributed by atoms with E-state index < -0.39 is 0 Å². The molecule has 0 radical (unpaired) electrons. The van der Waals surface area contributed by atoms with Gasteiger partial charge < -0.3 is 14.7 Å². The molecule has 4 nitrogen and oxygen atoms in total. The quantitative estimate of drug-likeness (QED) is 0.869. The van der Waals surface area contributed by atoms with Crippen molar-refractivity contribution < 1.29 is 14.6 Å². The van der Waals surface area contributed by atoms with Gasteiger partial charge in [0, 0.05) is 12.5 Å². The smallest absolute Gasteiger partial charge is 0.163 e. The minimum atomic E-state index is 0. The number of phenolic OH excluding ortho intramolecular Hbond substituents is 1. The van der Waals surface area contributed by atoms with Crippen LogP contribution in [-0.2, 0) is 4.79 Å². The van der Waals surface area contributed by atoms with Crippen molar-refractivity contribution in [2.45, 2.75) is 12.8 Å². The molecule has 0 bridgehead atoms. The molecule has 116 valence electrons. The molecule has 0 spiro atoms. The van der Waals surface area contributed by atoms with Crippen molar-refractivity contribution in [1.29, 1.82) is 0 Å². The van der Waals surface area contributed by atoms with Gasteiger partial charge in [-0.2, -0.15) is 0 Å². The molecule has 1 atom stereocenters. The Kier molecular flexibility index (Phi) is 6.24. The first-order valence-electron chi connectivity index (χ1n) is 6.77. The number of allylic oxidation sites excluding steroid dienone is 1. The van der Waals surface area contributed by atoms with E-state index in [0.29, 0.717) is 5.75 Å². The topological polar surface area (TPSA) is 49.8 Å². The largest absolute Gasteiger partial charge is 0.504 e. The number of carbonyl (C=O) groups excluding carboxylic acids is 1. The number of halogens is 1. The summed E-state index contributed by atoms with van der Waals surface area (Å²) >= 11 is 0. The molecule has 1 aromatic carbocycles. The molecule has 0 aliphatic heterocycles. The van der Waals surface area contributed by atoms with E-state index in [1.54, 1.807) is 18.2 Å². The normalized spacial score (nSPS) is 19.9. The number of carbonyl (C=O) groups is 1. The lowest BCUT2D eigenvalue weighted by Gasteiger charge is -2.13. The monoisotopic (exact) mass is 311 g/mol. The van der Waals surface area contributed by atoms with E-state index in [1.165, 1.54) is 7.11 Å². The molecule has 5 heteroatoms. The Labute approximate surface area is 131 Å². The highest BCUT2D eigenvalue weighted by atomic mass is 35.5. The first kappa shape index (κ1) is 17.5. The number of rotatable bonds is 4. The summed E-state index contributed by atoms with van der Waals surface area (Å²) in [4.78, 5) is 14.3. The summed E-state index contributed by atoms with van der Waals surface area (Å²) in [5, 5.41) is 9.57. The summed E-state index contributed by atoms with van der Waals surface area (Å²) in [6, 6.07) is 5.12. The van der Waals surface area contributed by atoms with Crippen molar-refractivity contribution >= 4 is 24.3 Å². The van der Waals surface area contributed by atoms with Gasteiger partial charge in [-0.05, 0) is 56.3 Å². The molecule has 1 aliphatic carbocycles. The Balaban J connectivity index is 0.00000220. The third-order valence-electron chi connectivity index (χ3n) is 3.58. The van der Waals surface area contributed by atoms with Gasteiger partial charge in [0.1, 0.15) is 0 Å². The number of ketones is 1. The lowest BCUT2D eigenvalue weighted by Crippen LogP contribution is -2.24. The lowest BCUT2D eigenvalue weighted by molar-refractivity contribution is -0.118. The summed E-state index contributed by atoms with van der Waals surface area (Å²) < 4.78 is 5.08. The molecule has 21 heavy (non-hydrogen) atoms. The molecule has 1 N–H and O–H groups in total. The fourth-order valence-electron chi connectivity index (χ4n) is 2.59. The molecule has 0 amide bonds. The third kappa shape index (κ3) is 4.22. The SMILES string of the molecule is COc1cc(C=C2CCC(CN(C)C)C2=O)ccc1O.Cl. The molecular weight excluding hydrogens is 290 g/mol. The summed E-state index contributed by atoms with van der Waals surface area (Å²) in [5.41, 5.74) is 1.75. The highest BCUT2D eigenvalue weighted by Gasteiger charge is 2.29. The van der Waals surface area contributed by atoms with E-state index in [2.05, 4.69) is 4.90 Å². The second-order valence-electron chi connectivity index (χ2n) is 5.46. The maximum Gasteiger partial charge on any atom is 0.163 e.